The van der Waals surface area contributed by atoms with Crippen LogP contribution >= 0.6 is 15.9 Å². The second kappa shape index (κ2) is 5.10. The summed E-state index contributed by atoms with van der Waals surface area (Å²) >= 11 is 3.47. The van der Waals surface area contributed by atoms with Gasteiger partial charge >= 0.3 is 0 Å². The minimum atomic E-state index is 0.284. The molecule has 7 heteroatoms. The molecule has 2 aromatic heterocycles. The molecule has 114 valence electrons. The molecule has 3 heterocycles. The van der Waals surface area contributed by atoms with Gasteiger partial charge in [-0.2, -0.15) is 4.98 Å². The standard InChI is InChI=1S/C15H16BrN5O/c1-20-4-6-21(7-5-20)14-13-12(18-15(17)19-14)10-3-2-9(16)8-11(10)22-13/h2-3,8H,4-7H2,1H3,(H2,17,18,19). The molecule has 2 N–H and O–H groups in total. The Bertz CT molecular complexity index is 854. The maximum atomic E-state index is 6.03. The monoisotopic (exact) mass is 361 g/mol. The Morgan fingerprint density at radius 1 is 1.18 bits per heavy atom. The number of aromatic nitrogens is 2. The van der Waals surface area contributed by atoms with Crippen molar-refractivity contribution in [3.63, 3.8) is 0 Å². The molecule has 0 bridgehead atoms. The van der Waals surface area contributed by atoms with E-state index in [4.69, 9.17) is 10.2 Å². The first-order chi connectivity index (χ1) is 10.6. The number of hydrogen-bond donors (Lipinski definition) is 1. The van der Waals surface area contributed by atoms with Crippen molar-refractivity contribution >= 4 is 49.8 Å². The smallest absolute Gasteiger partial charge is 0.222 e. The first kappa shape index (κ1) is 13.8. The highest BCUT2D eigenvalue weighted by Gasteiger charge is 2.22. The lowest BCUT2D eigenvalue weighted by atomic mass is 10.2. The van der Waals surface area contributed by atoms with Crippen molar-refractivity contribution in [3.8, 4) is 0 Å². The number of rotatable bonds is 1. The van der Waals surface area contributed by atoms with Crippen molar-refractivity contribution in [2.75, 3.05) is 43.9 Å². The summed E-state index contributed by atoms with van der Waals surface area (Å²) in [7, 11) is 2.12. The molecule has 0 aliphatic carbocycles. The lowest BCUT2D eigenvalue weighted by Crippen LogP contribution is -2.44. The van der Waals surface area contributed by atoms with E-state index in [9.17, 15) is 0 Å². The third kappa shape index (κ3) is 2.21. The van der Waals surface area contributed by atoms with Gasteiger partial charge in [-0.1, -0.05) is 15.9 Å². The fourth-order valence-electron chi connectivity index (χ4n) is 2.85. The van der Waals surface area contributed by atoms with E-state index in [0.717, 1.165) is 53.0 Å². The quantitative estimate of drug-likeness (QED) is 0.717. The Morgan fingerprint density at radius 3 is 2.73 bits per heavy atom. The van der Waals surface area contributed by atoms with Crippen LogP contribution in [0.1, 0.15) is 0 Å². The van der Waals surface area contributed by atoms with Crippen LogP contribution in [0, 0.1) is 0 Å². The predicted molar refractivity (Wildman–Crippen MR) is 91.1 cm³/mol. The number of hydrogen-bond acceptors (Lipinski definition) is 6. The highest BCUT2D eigenvalue weighted by atomic mass is 79.9. The van der Waals surface area contributed by atoms with Gasteiger partial charge in [0, 0.05) is 36.0 Å². The molecule has 4 rings (SSSR count). The highest BCUT2D eigenvalue weighted by molar-refractivity contribution is 9.10. The Labute approximate surface area is 136 Å². The molecule has 0 saturated carbocycles. The van der Waals surface area contributed by atoms with E-state index < -0.39 is 0 Å². The summed E-state index contributed by atoms with van der Waals surface area (Å²) in [6.45, 7) is 3.81. The molecule has 1 fully saturated rings. The van der Waals surface area contributed by atoms with E-state index in [2.05, 4.69) is 42.7 Å². The minimum absolute atomic E-state index is 0.284. The number of benzene rings is 1. The van der Waals surface area contributed by atoms with Crippen LogP contribution in [0.2, 0.25) is 0 Å². The van der Waals surface area contributed by atoms with Crippen LogP contribution in [0.5, 0.6) is 0 Å². The topological polar surface area (TPSA) is 71.4 Å². The first-order valence-corrected chi connectivity index (χ1v) is 8.00. The van der Waals surface area contributed by atoms with E-state index in [1.54, 1.807) is 0 Å². The lowest BCUT2D eigenvalue weighted by molar-refractivity contribution is 0.312. The fourth-order valence-corrected chi connectivity index (χ4v) is 3.19. The zero-order valence-electron chi connectivity index (χ0n) is 12.2. The summed E-state index contributed by atoms with van der Waals surface area (Å²) in [6, 6.07) is 5.91. The number of furan rings is 1. The summed E-state index contributed by atoms with van der Waals surface area (Å²) in [4.78, 5) is 13.3. The lowest BCUT2D eigenvalue weighted by Gasteiger charge is -2.33. The molecule has 0 spiro atoms. The molecule has 0 radical (unpaired) electrons. The van der Waals surface area contributed by atoms with Crippen LogP contribution < -0.4 is 10.6 Å². The second-order valence-corrected chi connectivity index (χ2v) is 6.53. The Kier molecular flexibility index (Phi) is 3.19. The van der Waals surface area contributed by atoms with Gasteiger partial charge in [-0.05, 0) is 25.2 Å². The maximum Gasteiger partial charge on any atom is 0.222 e. The average Bonchev–Trinajstić information content (AvgIpc) is 2.84. The van der Waals surface area contributed by atoms with Gasteiger partial charge in [0.2, 0.25) is 5.95 Å². The van der Waals surface area contributed by atoms with E-state index in [1.165, 1.54) is 0 Å². The molecule has 1 aliphatic heterocycles. The molecule has 6 nitrogen and oxygen atoms in total. The molecule has 1 aliphatic rings. The highest BCUT2D eigenvalue weighted by Crippen LogP contribution is 2.34. The van der Waals surface area contributed by atoms with Gasteiger partial charge in [-0.3, -0.25) is 0 Å². The summed E-state index contributed by atoms with van der Waals surface area (Å²) < 4.78 is 7.01. The third-order valence-electron chi connectivity index (χ3n) is 4.08. The Hall–Kier alpha value is -1.86. The van der Waals surface area contributed by atoms with Gasteiger partial charge in [-0.15, -0.1) is 0 Å². The molecular weight excluding hydrogens is 346 g/mol. The molecule has 1 aromatic carbocycles. The summed E-state index contributed by atoms with van der Waals surface area (Å²) in [5, 5.41) is 0.961. The van der Waals surface area contributed by atoms with Crippen LogP contribution in [0.25, 0.3) is 22.1 Å². The molecule has 0 unspecified atom stereocenters. The number of anilines is 2. The Morgan fingerprint density at radius 2 is 1.95 bits per heavy atom. The summed E-state index contributed by atoms with van der Waals surface area (Å²) in [5.74, 6) is 1.08. The maximum absolute atomic E-state index is 6.03. The van der Waals surface area contributed by atoms with Crippen molar-refractivity contribution in [3.05, 3.63) is 22.7 Å². The zero-order valence-corrected chi connectivity index (χ0v) is 13.8. The van der Waals surface area contributed by atoms with Gasteiger partial charge in [0.1, 0.15) is 11.1 Å². The number of nitrogens with two attached hydrogens (primary N) is 1. The minimum Gasteiger partial charge on any atom is -0.450 e. The van der Waals surface area contributed by atoms with Crippen LogP contribution in [0.3, 0.4) is 0 Å². The van der Waals surface area contributed by atoms with Crippen molar-refractivity contribution in [2.45, 2.75) is 0 Å². The number of nitrogens with zero attached hydrogens (tertiary/aromatic N) is 4. The van der Waals surface area contributed by atoms with Crippen LogP contribution in [0.4, 0.5) is 11.8 Å². The van der Waals surface area contributed by atoms with Gasteiger partial charge in [0.05, 0.1) is 0 Å². The number of fused-ring (bicyclic) bond motifs is 3. The summed E-state index contributed by atoms with van der Waals surface area (Å²) in [5.41, 5.74) is 8.22. The van der Waals surface area contributed by atoms with Crippen molar-refractivity contribution in [2.24, 2.45) is 0 Å². The van der Waals surface area contributed by atoms with E-state index in [-0.39, 0.29) is 5.95 Å². The van der Waals surface area contributed by atoms with E-state index in [1.807, 2.05) is 18.2 Å². The third-order valence-corrected chi connectivity index (χ3v) is 4.57. The second-order valence-electron chi connectivity index (χ2n) is 5.62. The number of likely N-dealkylation sites (N-methyl/N-ethyl adjacent to an activating group) is 1. The first-order valence-electron chi connectivity index (χ1n) is 7.20. The molecule has 3 aromatic rings. The van der Waals surface area contributed by atoms with Crippen LogP contribution in [-0.2, 0) is 0 Å². The van der Waals surface area contributed by atoms with Crippen molar-refractivity contribution in [1.29, 1.82) is 0 Å². The summed E-state index contributed by atoms with van der Waals surface area (Å²) in [6.07, 6.45) is 0. The molecule has 0 amide bonds. The predicted octanol–water partition coefficient (Wildman–Crippen LogP) is 2.47. The number of piperazine rings is 1. The SMILES string of the molecule is CN1CCN(c2nc(N)nc3c2oc2cc(Br)ccc23)CC1. The van der Waals surface area contributed by atoms with Crippen LogP contribution in [0.15, 0.2) is 27.1 Å². The average molecular weight is 362 g/mol. The number of nitrogen functional groups attached to an aromatic ring is 1. The van der Waals surface area contributed by atoms with Gasteiger partial charge in [-0.25, -0.2) is 4.98 Å². The molecule has 0 atom stereocenters. The van der Waals surface area contributed by atoms with Gasteiger partial charge < -0.3 is 20.0 Å². The van der Waals surface area contributed by atoms with E-state index in [0.29, 0.717) is 5.58 Å². The fraction of sp³-hybridized carbons (Fsp3) is 0.333. The van der Waals surface area contributed by atoms with Crippen molar-refractivity contribution < 1.29 is 4.42 Å². The molecular formula is C15H16BrN5O. The Balaban J connectivity index is 1.92. The van der Waals surface area contributed by atoms with Gasteiger partial charge in [0.15, 0.2) is 11.4 Å². The van der Waals surface area contributed by atoms with Crippen LogP contribution in [-0.4, -0.2) is 48.1 Å². The molecule has 22 heavy (non-hydrogen) atoms. The zero-order chi connectivity index (χ0) is 15.3. The molecule has 1 saturated heterocycles. The van der Waals surface area contributed by atoms with E-state index >= 15 is 0 Å². The van der Waals surface area contributed by atoms with Crippen molar-refractivity contribution in [1.82, 2.24) is 14.9 Å². The normalized spacial score (nSPS) is 16.7. The van der Waals surface area contributed by atoms with Gasteiger partial charge in [0.25, 0.3) is 0 Å². The number of halogens is 1. The largest absolute Gasteiger partial charge is 0.450 e.